The Labute approximate surface area is 127 Å². The minimum atomic E-state index is -0.219. The summed E-state index contributed by atoms with van der Waals surface area (Å²) in [7, 11) is 0. The molecule has 1 heterocycles. The van der Waals surface area contributed by atoms with Gasteiger partial charge >= 0.3 is 0 Å². The van der Waals surface area contributed by atoms with Crippen LogP contribution < -0.4 is 5.32 Å². The summed E-state index contributed by atoms with van der Waals surface area (Å²) in [5, 5.41) is 3.45. The molecule has 1 aromatic carbocycles. The largest absolute Gasteiger partial charge is 0.310 e. The van der Waals surface area contributed by atoms with Gasteiger partial charge in [0, 0.05) is 17.9 Å². The van der Waals surface area contributed by atoms with Crippen LogP contribution in [0.15, 0.2) is 41.0 Å². The highest BCUT2D eigenvalue weighted by Gasteiger charge is 2.14. The van der Waals surface area contributed by atoms with Crippen molar-refractivity contribution >= 4 is 15.9 Å². The van der Waals surface area contributed by atoms with Crippen LogP contribution in [0, 0.1) is 12.7 Å². The van der Waals surface area contributed by atoms with Crippen molar-refractivity contribution in [3.63, 3.8) is 0 Å². The van der Waals surface area contributed by atoms with Crippen LogP contribution in [-0.4, -0.2) is 11.5 Å². The van der Waals surface area contributed by atoms with Gasteiger partial charge in [-0.15, -0.1) is 0 Å². The lowest BCUT2D eigenvalue weighted by molar-refractivity contribution is 0.544. The van der Waals surface area contributed by atoms with Gasteiger partial charge in [0.1, 0.15) is 5.82 Å². The second kappa shape index (κ2) is 6.95. The molecule has 0 saturated carbocycles. The van der Waals surface area contributed by atoms with Crippen LogP contribution in [0.2, 0.25) is 0 Å². The normalized spacial score (nSPS) is 12.4. The van der Waals surface area contributed by atoms with E-state index in [4.69, 9.17) is 0 Å². The van der Waals surface area contributed by atoms with E-state index < -0.39 is 0 Å². The van der Waals surface area contributed by atoms with Gasteiger partial charge in [0.25, 0.3) is 0 Å². The number of rotatable bonds is 5. The first-order valence-electron chi connectivity index (χ1n) is 6.70. The molecule has 4 heteroatoms. The van der Waals surface area contributed by atoms with Crippen LogP contribution in [-0.2, 0) is 6.42 Å². The van der Waals surface area contributed by atoms with Crippen LogP contribution in [0.4, 0.5) is 4.39 Å². The number of nitrogens with zero attached hydrogens (tertiary/aromatic N) is 1. The van der Waals surface area contributed by atoms with Gasteiger partial charge in [-0.3, -0.25) is 4.98 Å². The van der Waals surface area contributed by atoms with Crippen molar-refractivity contribution < 1.29 is 4.39 Å². The van der Waals surface area contributed by atoms with Crippen molar-refractivity contribution in [3.05, 3.63) is 63.6 Å². The van der Waals surface area contributed by atoms with Crippen molar-refractivity contribution in [2.75, 3.05) is 6.54 Å². The summed E-state index contributed by atoms with van der Waals surface area (Å²) in [6.45, 7) is 4.91. The van der Waals surface area contributed by atoms with E-state index in [1.54, 1.807) is 6.07 Å². The number of aromatic nitrogens is 1. The molecule has 0 amide bonds. The van der Waals surface area contributed by atoms with Gasteiger partial charge in [-0.05, 0) is 65.1 Å². The van der Waals surface area contributed by atoms with E-state index in [0.717, 1.165) is 24.2 Å². The zero-order valence-electron chi connectivity index (χ0n) is 11.7. The molecule has 2 nitrogen and oxygen atoms in total. The number of aryl methyl sites for hydroxylation is 1. The van der Waals surface area contributed by atoms with Crippen LogP contribution in [0.3, 0.4) is 0 Å². The Bertz CT molecular complexity index is 586. The Kier molecular flexibility index (Phi) is 5.26. The molecule has 1 aromatic heterocycles. The molecule has 0 saturated heterocycles. The van der Waals surface area contributed by atoms with E-state index in [-0.39, 0.29) is 11.9 Å². The summed E-state index contributed by atoms with van der Waals surface area (Å²) in [4.78, 5) is 4.22. The van der Waals surface area contributed by atoms with Gasteiger partial charge in [-0.1, -0.05) is 19.1 Å². The van der Waals surface area contributed by atoms with Gasteiger partial charge in [0.05, 0.1) is 4.47 Å². The topological polar surface area (TPSA) is 24.9 Å². The standard InChI is InChI=1S/C16H18BrFN2/c1-3-19-15(12-7-8-20-11(2)9-12)10-13-5-4-6-14(18)16(13)17/h4-9,15,19H,3,10H2,1-2H3. The molecule has 0 spiro atoms. The zero-order chi connectivity index (χ0) is 14.5. The van der Waals surface area contributed by atoms with Crippen LogP contribution in [0.5, 0.6) is 0 Å². The SMILES string of the molecule is CCNC(Cc1cccc(F)c1Br)c1ccnc(C)c1. The maximum Gasteiger partial charge on any atom is 0.137 e. The third-order valence-corrected chi connectivity index (χ3v) is 4.12. The van der Waals surface area contributed by atoms with Crippen LogP contribution in [0.1, 0.15) is 29.8 Å². The Hall–Kier alpha value is -1.26. The highest BCUT2D eigenvalue weighted by Crippen LogP contribution is 2.26. The molecule has 0 aliphatic carbocycles. The molecule has 0 aliphatic rings. The lowest BCUT2D eigenvalue weighted by Gasteiger charge is -2.19. The summed E-state index contributed by atoms with van der Waals surface area (Å²) in [6, 6.07) is 9.39. The van der Waals surface area contributed by atoms with Crippen molar-refractivity contribution in [1.82, 2.24) is 10.3 Å². The maximum absolute atomic E-state index is 13.6. The highest BCUT2D eigenvalue weighted by atomic mass is 79.9. The number of pyridine rings is 1. The second-order valence-corrected chi connectivity index (χ2v) is 5.55. The molecule has 2 aromatic rings. The number of hydrogen-bond acceptors (Lipinski definition) is 2. The van der Waals surface area contributed by atoms with Gasteiger partial charge in [0.2, 0.25) is 0 Å². The smallest absolute Gasteiger partial charge is 0.137 e. The molecule has 106 valence electrons. The predicted molar refractivity (Wildman–Crippen MR) is 83.2 cm³/mol. The van der Waals surface area contributed by atoms with Crippen LogP contribution in [0.25, 0.3) is 0 Å². The molecule has 2 rings (SSSR count). The third-order valence-electron chi connectivity index (χ3n) is 3.23. The minimum absolute atomic E-state index is 0.153. The highest BCUT2D eigenvalue weighted by molar-refractivity contribution is 9.10. The molecule has 0 fully saturated rings. The first kappa shape index (κ1) is 15.1. The molecule has 1 N–H and O–H groups in total. The summed E-state index contributed by atoms with van der Waals surface area (Å²) in [5.74, 6) is -0.219. The van der Waals surface area contributed by atoms with Gasteiger partial charge in [0.15, 0.2) is 0 Å². The quantitative estimate of drug-likeness (QED) is 0.885. The van der Waals surface area contributed by atoms with E-state index >= 15 is 0 Å². The molecule has 20 heavy (non-hydrogen) atoms. The van der Waals surface area contributed by atoms with Crippen molar-refractivity contribution in [2.45, 2.75) is 26.3 Å². The molecule has 1 unspecified atom stereocenters. The lowest BCUT2D eigenvalue weighted by atomic mass is 9.99. The van der Waals surface area contributed by atoms with Crippen molar-refractivity contribution in [1.29, 1.82) is 0 Å². The molecular weight excluding hydrogens is 319 g/mol. The molecule has 0 radical (unpaired) electrons. The molecule has 0 aliphatic heterocycles. The number of nitrogens with one attached hydrogen (secondary N) is 1. The molecule has 1 atom stereocenters. The van der Waals surface area contributed by atoms with Crippen LogP contribution >= 0.6 is 15.9 Å². The van der Waals surface area contributed by atoms with E-state index in [9.17, 15) is 4.39 Å². The monoisotopic (exact) mass is 336 g/mol. The Balaban J connectivity index is 2.28. The Morgan fingerprint density at radius 2 is 2.15 bits per heavy atom. The fraction of sp³-hybridized carbons (Fsp3) is 0.312. The number of halogens is 2. The van der Waals surface area contributed by atoms with Gasteiger partial charge in [-0.2, -0.15) is 0 Å². The van der Waals surface area contributed by atoms with E-state index in [2.05, 4.69) is 39.2 Å². The minimum Gasteiger partial charge on any atom is -0.310 e. The molecule has 0 bridgehead atoms. The molecular formula is C16H18BrFN2. The summed E-state index contributed by atoms with van der Waals surface area (Å²) in [5.41, 5.74) is 3.13. The number of benzene rings is 1. The average Bonchev–Trinajstić information content (AvgIpc) is 2.43. The maximum atomic E-state index is 13.6. The van der Waals surface area contributed by atoms with E-state index in [1.807, 2.05) is 25.3 Å². The number of hydrogen-bond donors (Lipinski definition) is 1. The fourth-order valence-electron chi connectivity index (χ4n) is 2.26. The lowest BCUT2D eigenvalue weighted by Crippen LogP contribution is -2.23. The van der Waals surface area contributed by atoms with Gasteiger partial charge in [-0.25, -0.2) is 4.39 Å². The Morgan fingerprint density at radius 3 is 2.85 bits per heavy atom. The third kappa shape index (κ3) is 3.64. The zero-order valence-corrected chi connectivity index (χ0v) is 13.2. The van der Waals surface area contributed by atoms with E-state index in [0.29, 0.717) is 4.47 Å². The first-order valence-corrected chi connectivity index (χ1v) is 7.50. The van der Waals surface area contributed by atoms with Crippen molar-refractivity contribution in [3.8, 4) is 0 Å². The number of likely N-dealkylation sites (N-methyl/N-ethyl adjacent to an activating group) is 1. The summed E-state index contributed by atoms with van der Waals surface area (Å²) >= 11 is 3.33. The van der Waals surface area contributed by atoms with Crippen molar-refractivity contribution in [2.24, 2.45) is 0 Å². The summed E-state index contributed by atoms with van der Waals surface area (Å²) in [6.07, 6.45) is 2.55. The predicted octanol–water partition coefficient (Wildman–Crippen LogP) is 4.18. The Morgan fingerprint density at radius 1 is 1.35 bits per heavy atom. The summed E-state index contributed by atoms with van der Waals surface area (Å²) < 4.78 is 14.2. The average molecular weight is 337 g/mol. The van der Waals surface area contributed by atoms with Gasteiger partial charge < -0.3 is 5.32 Å². The fourth-order valence-corrected chi connectivity index (χ4v) is 2.69. The first-order chi connectivity index (χ1) is 9.61. The van der Waals surface area contributed by atoms with E-state index in [1.165, 1.54) is 11.6 Å². The second-order valence-electron chi connectivity index (χ2n) is 4.76.